The summed E-state index contributed by atoms with van der Waals surface area (Å²) < 4.78 is 5.76. The van der Waals surface area contributed by atoms with Gasteiger partial charge in [-0.05, 0) is 46.3 Å². The Morgan fingerprint density at radius 2 is 2.26 bits per heavy atom. The van der Waals surface area contributed by atoms with Crippen LogP contribution in [0.1, 0.15) is 22.2 Å². The van der Waals surface area contributed by atoms with E-state index in [1.807, 2.05) is 0 Å². The molecule has 0 bridgehead atoms. The first-order chi connectivity index (χ1) is 9.11. The molecule has 0 spiro atoms. The predicted octanol–water partition coefficient (Wildman–Crippen LogP) is 3.16. The lowest BCUT2D eigenvalue weighted by atomic mass is 10.2. The largest absolute Gasteiger partial charge is 0.467 e. The highest BCUT2D eigenvalue weighted by Gasteiger charge is 2.18. The van der Waals surface area contributed by atoms with E-state index in [1.54, 1.807) is 30.3 Å². The van der Waals surface area contributed by atoms with Crippen LogP contribution in [0.25, 0.3) is 0 Å². The van der Waals surface area contributed by atoms with Crippen LogP contribution in [-0.4, -0.2) is 17.6 Å². The number of carbonyl (C=O) groups is 1. The fourth-order valence-electron chi connectivity index (χ4n) is 1.61. The zero-order valence-electron chi connectivity index (χ0n) is 9.77. The first-order valence-corrected chi connectivity index (χ1v) is 6.69. The maximum atomic E-state index is 12.1. The van der Waals surface area contributed by atoms with E-state index in [0.717, 1.165) is 0 Å². The van der Waals surface area contributed by atoms with Gasteiger partial charge in [0.1, 0.15) is 11.8 Å². The maximum absolute atomic E-state index is 12.1. The zero-order chi connectivity index (χ0) is 13.8. The summed E-state index contributed by atoms with van der Waals surface area (Å²) in [6, 6.07) is 7.68. The predicted molar refractivity (Wildman–Crippen MR) is 75.2 cm³/mol. The van der Waals surface area contributed by atoms with Gasteiger partial charge < -0.3 is 14.8 Å². The first kappa shape index (κ1) is 14.1. The van der Waals surface area contributed by atoms with Gasteiger partial charge in [-0.1, -0.05) is 11.6 Å². The summed E-state index contributed by atoms with van der Waals surface area (Å²) in [5.74, 6) is 0.180. The Balaban J connectivity index is 2.16. The number of benzene rings is 1. The highest BCUT2D eigenvalue weighted by molar-refractivity contribution is 9.10. The Labute approximate surface area is 123 Å². The van der Waals surface area contributed by atoms with Crippen molar-refractivity contribution in [3.05, 3.63) is 57.4 Å². The highest BCUT2D eigenvalue weighted by Crippen LogP contribution is 2.22. The second kappa shape index (κ2) is 6.23. The van der Waals surface area contributed by atoms with Crippen LogP contribution < -0.4 is 5.32 Å². The molecule has 19 heavy (non-hydrogen) atoms. The normalized spacial score (nSPS) is 12.2. The Morgan fingerprint density at radius 3 is 2.84 bits per heavy atom. The van der Waals surface area contributed by atoms with Crippen molar-refractivity contribution in [2.24, 2.45) is 0 Å². The van der Waals surface area contributed by atoms with Gasteiger partial charge in [-0.15, -0.1) is 0 Å². The molecule has 6 heteroatoms. The fraction of sp³-hybridized carbons (Fsp3) is 0.154. The number of amides is 1. The summed E-state index contributed by atoms with van der Waals surface area (Å²) in [5.41, 5.74) is 0.439. The summed E-state index contributed by atoms with van der Waals surface area (Å²) >= 11 is 9.10. The van der Waals surface area contributed by atoms with Crippen molar-refractivity contribution in [1.29, 1.82) is 0 Å². The molecule has 2 rings (SSSR count). The molecule has 0 radical (unpaired) electrons. The molecule has 2 aromatic rings. The van der Waals surface area contributed by atoms with Crippen LogP contribution in [0.3, 0.4) is 0 Å². The molecular weight excluding hydrogens is 334 g/mol. The molecule has 0 saturated carbocycles. The molecule has 0 aliphatic carbocycles. The summed E-state index contributed by atoms with van der Waals surface area (Å²) in [6.07, 6.45) is 1.49. The quantitative estimate of drug-likeness (QED) is 0.895. The number of nitrogens with one attached hydrogen (secondary N) is 1. The Kier molecular flexibility index (Phi) is 4.63. The molecule has 4 nitrogen and oxygen atoms in total. The topological polar surface area (TPSA) is 62.5 Å². The van der Waals surface area contributed by atoms with Crippen LogP contribution in [0.5, 0.6) is 0 Å². The van der Waals surface area contributed by atoms with E-state index in [1.165, 1.54) is 6.26 Å². The van der Waals surface area contributed by atoms with E-state index in [9.17, 15) is 9.90 Å². The number of hydrogen-bond donors (Lipinski definition) is 2. The molecule has 100 valence electrons. The summed E-state index contributed by atoms with van der Waals surface area (Å²) in [5, 5.41) is 12.5. The van der Waals surface area contributed by atoms with Gasteiger partial charge >= 0.3 is 0 Å². The third-order valence-corrected chi connectivity index (χ3v) is 3.44. The van der Waals surface area contributed by atoms with Crippen molar-refractivity contribution >= 4 is 33.4 Å². The zero-order valence-corrected chi connectivity index (χ0v) is 12.1. The number of halogens is 2. The van der Waals surface area contributed by atoms with Gasteiger partial charge in [0.05, 0.1) is 18.4 Å². The monoisotopic (exact) mass is 343 g/mol. The molecule has 0 fully saturated rings. The number of carbonyl (C=O) groups excluding carboxylic acids is 1. The Hall–Kier alpha value is -1.30. The van der Waals surface area contributed by atoms with Gasteiger partial charge in [0.25, 0.3) is 5.91 Å². The van der Waals surface area contributed by atoms with E-state index in [-0.39, 0.29) is 12.5 Å². The van der Waals surface area contributed by atoms with Crippen molar-refractivity contribution in [2.45, 2.75) is 6.04 Å². The average Bonchev–Trinajstić information content (AvgIpc) is 2.89. The van der Waals surface area contributed by atoms with Crippen LogP contribution in [0.4, 0.5) is 0 Å². The van der Waals surface area contributed by atoms with Crippen LogP contribution in [0, 0.1) is 0 Å². The molecule has 1 unspecified atom stereocenters. The van der Waals surface area contributed by atoms with Gasteiger partial charge in [0.15, 0.2) is 0 Å². The van der Waals surface area contributed by atoms with E-state index in [4.69, 9.17) is 16.0 Å². The number of aliphatic hydroxyl groups excluding tert-OH is 1. The Bertz CT molecular complexity index is 571. The van der Waals surface area contributed by atoms with Crippen LogP contribution in [0.2, 0.25) is 5.02 Å². The summed E-state index contributed by atoms with van der Waals surface area (Å²) in [6.45, 7) is -0.246. The van der Waals surface area contributed by atoms with E-state index < -0.39 is 6.04 Å². The summed E-state index contributed by atoms with van der Waals surface area (Å²) in [7, 11) is 0. The Morgan fingerprint density at radius 1 is 1.47 bits per heavy atom. The second-order valence-corrected chi connectivity index (χ2v) is 5.14. The van der Waals surface area contributed by atoms with E-state index in [2.05, 4.69) is 21.2 Å². The minimum Gasteiger partial charge on any atom is -0.467 e. The van der Waals surface area contributed by atoms with Crippen molar-refractivity contribution in [3.63, 3.8) is 0 Å². The second-order valence-electron chi connectivity index (χ2n) is 3.85. The molecule has 1 heterocycles. The number of furan rings is 1. The summed E-state index contributed by atoms with van der Waals surface area (Å²) in [4.78, 5) is 12.1. The van der Waals surface area contributed by atoms with Gasteiger partial charge in [-0.2, -0.15) is 0 Å². The lowest BCUT2D eigenvalue weighted by Crippen LogP contribution is -2.30. The van der Waals surface area contributed by atoms with Gasteiger partial charge in [0, 0.05) is 9.50 Å². The third kappa shape index (κ3) is 3.37. The molecule has 0 aliphatic heterocycles. The van der Waals surface area contributed by atoms with Crippen molar-refractivity contribution in [1.82, 2.24) is 5.32 Å². The number of hydrogen-bond acceptors (Lipinski definition) is 3. The molecule has 2 N–H and O–H groups in total. The van der Waals surface area contributed by atoms with Crippen molar-refractivity contribution in [2.75, 3.05) is 6.61 Å². The van der Waals surface area contributed by atoms with Gasteiger partial charge in [0.2, 0.25) is 0 Å². The molecule has 0 aliphatic rings. The number of aliphatic hydroxyl groups is 1. The molecule has 1 atom stereocenters. The van der Waals surface area contributed by atoms with Crippen molar-refractivity contribution < 1.29 is 14.3 Å². The number of rotatable bonds is 4. The average molecular weight is 345 g/mol. The molecule has 1 aromatic carbocycles. The van der Waals surface area contributed by atoms with Crippen molar-refractivity contribution in [3.8, 4) is 0 Å². The first-order valence-electron chi connectivity index (χ1n) is 5.52. The van der Waals surface area contributed by atoms with E-state index in [0.29, 0.717) is 20.8 Å². The fourth-order valence-corrected chi connectivity index (χ4v) is 2.47. The van der Waals surface area contributed by atoms with Crippen LogP contribution in [0.15, 0.2) is 45.5 Å². The SMILES string of the molecule is O=C(NC(CO)c1ccco1)c1ccc(Cl)cc1Br. The molecular formula is C13H11BrClNO3. The standard InChI is InChI=1S/C13H11BrClNO3/c14-10-6-8(15)3-4-9(10)13(18)16-11(7-17)12-2-1-5-19-12/h1-6,11,17H,7H2,(H,16,18). The maximum Gasteiger partial charge on any atom is 0.253 e. The van der Waals surface area contributed by atoms with Gasteiger partial charge in [-0.3, -0.25) is 4.79 Å². The van der Waals surface area contributed by atoms with Crippen LogP contribution >= 0.6 is 27.5 Å². The lowest BCUT2D eigenvalue weighted by molar-refractivity contribution is 0.0906. The van der Waals surface area contributed by atoms with E-state index >= 15 is 0 Å². The third-order valence-electron chi connectivity index (χ3n) is 2.55. The lowest BCUT2D eigenvalue weighted by Gasteiger charge is -2.14. The van der Waals surface area contributed by atoms with Crippen LogP contribution in [-0.2, 0) is 0 Å². The molecule has 1 amide bonds. The molecule has 1 aromatic heterocycles. The smallest absolute Gasteiger partial charge is 0.253 e. The van der Waals surface area contributed by atoms with Gasteiger partial charge in [-0.25, -0.2) is 0 Å². The minimum atomic E-state index is -0.579. The minimum absolute atomic E-state index is 0.246. The molecule has 0 saturated heterocycles. The highest BCUT2D eigenvalue weighted by atomic mass is 79.9.